The van der Waals surface area contributed by atoms with Gasteiger partial charge in [-0.05, 0) is 48.4 Å². The molecule has 0 amide bonds. The summed E-state index contributed by atoms with van der Waals surface area (Å²) in [5, 5.41) is 4.63. The predicted molar refractivity (Wildman–Crippen MR) is 92.1 cm³/mol. The summed E-state index contributed by atoms with van der Waals surface area (Å²) in [4.78, 5) is 15.3. The molecule has 0 aliphatic heterocycles. The highest BCUT2D eigenvalue weighted by molar-refractivity contribution is 5.80. The van der Waals surface area contributed by atoms with Crippen LogP contribution in [0, 0.1) is 5.82 Å². The van der Waals surface area contributed by atoms with Crippen LogP contribution in [0.2, 0.25) is 0 Å². The van der Waals surface area contributed by atoms with E-state index in [1.54, 1.807) is 29.2 Å². The molecule has 2 heterocycles. The van der Waals surface area contributed by atoms with Gasteiger partial charge in [-0.3, -0.25) is 14.5 Å². The van der Waals surface area contributed by atoms with Gasteiger partial charge in [0.05, 0.1) is 7.11 Å². The zero-order valence-corrected chi connectivity index (χ0v) is 13.9. The average Bonchev–Trinajstić information content (AvgIpc) is 3.07. The molecule has 0 saturated carbocycles. The van der Waals surface area contributed by atoms with Crippen molar-refractivity contribution in [1.82, 2.24) is 14.8 Å². The second-order valence-corrected chi connectivity index (χ2v) is 5.58. The van der Waals surface area contributed by atoms with Gasteiger partial charge in [-0.15, -0.1) is 0 Å². The molecule has 0 N–H and O–H groups in total. The molecule has 3 aromatic rings. The lowest BCUT2D eigenvalue weighted by Gasteiger charge is -2.02. The molecular weight excluding hydrogens is 321 g/mol. The molecule has 0 atom stereocenters. The van der Waals surface area contributed by atoms with Crippen molar-refractivity contribution >= 4 is 5.97 Å². The van der Waals surface area contributed by atoms with Crippen molar-refractivity contribution in [2.24, 2.45) is 0 Å². The van der Waals surface area contributed by atoms with E-state index in [-0.39, 0.29) is 11.8 Å². The maximum Gasteiger partial charge on any atom is 0.305 e. The van der Waals surface area contributed by atoms with Crippen molar-refractivity contribution < 1.29 is 13.9 Å². The summed E-state index contributed by atoms with van der Waals surface area (Å²) in [6.45, 7) is 0.592. The third-order valence-electron chi connectivity index (χ3n) is 3.87. The van der Waals surface area contributed by atoms with Gasteiger partial charge >= 0.3 is 5.97 Å². The van der Waals surface area contributed by atoms with Crippen LogP contribution in [0.5, 0.6) is 0 Å². The van der Waals surface area contributed by atoms with E-state index < -0.39 is 0 Å². The number of aromatic nitrogens is 3. The lowest BCUT2D eigenvalue weighted by molar-refractivity contribution is -0.140. The van der Waals surface area contributed by atoms with Crippen LogP contribution in [0.15, 0.2) is 55.0 Å². The molecule has 1 aromatic carbocycles. The fourth-order valence-corrected chi connectivity index (χ4v) is 2.59. The van der Waals surface area contributed by atoms with Gasteiger partial charge in [0.1, 0.15) is 11.5 Å². The summed E-state index contributed by atoms with van der Waals surface area (Å²) in [7, 11) is 1.38. The van der Waals surface area contributed by atoms with Gasteiger partial charge in [-0.25, -0.2) is 4.39 Å². The van der Waals surface area contributed by atoms with Gasteiger partial charge in [0.25, 0.3) is 0 Å². The second-order valence-electron chi connectivity index (χ2n) is 5.58. The van der Waals surface area contributed by atoms with Crippen LogP contribution < -0.4 is 0 Å². The monoisotopic (exact) mass is 339 g/mol. The number of halogens is 1. The minimum Gasteiger partial charge on any atom is -0.469 e. The molecule has 128 valence electrons. The van der Waals surface area contributed by atoms with Crippen LogP contribution >= 0.6 is 0 Å². The summed E-state index contributed by atoms with van der Waals surface area (Å²) < 4.78 is 19.7. The van der Waals surface area contributed by atoms with Gasteiger partial charge in [0, 0.05) is 42.7 Å². The number of hydrogen-bond donors (Lipinski definition) is 0. The summed E-state index contributed by atoms with van der Waals surface area (Å²) in [5.74, 6) is -0.521. The molecule has 6 heteroatoms. The quantitative estimate of drug-likeness (QED) is 0.643. The van der Waals surface area contributed by atoms with Gasteiger partial charge in [-0.2, -0.15) is 5.10 Å². The maximum absolute atomic E-state index is 13.2. The van der Waals surface area contributed by atoms with Crippen LogP contribution in [-0.2, 0) is 16.1 Å². The summed E-state index contributed by atoms with van der Waals surface area (Å²) in [6.07, 6.45) is 6.35. The number of rotatable bonds is 6. The average molecular weight is 339 g/mol. The molecule has 25 heavy (non-hydrogen) atoms. The van der Waals surface area contributed by atoms with E-state index in [9.17, 15) is 9.18 Å². The smallest absolute Gasteiger partial charge is 0.305 e. The minimum absolute atomic E-state index is 0.236. The maximum atomic E-state index is 13.2. The predicted octanol–water partition coefficient (Wildman–Crippen LogP) is 3.70. The molecular formula is C19H18FN3O2. The molecule has 0 fully saturated rings. The second kappa shape index (κ2) is 7.70. The fourth-order valence-electron chi connectivity index (χ4n) is 2.59. The number of hydrogen-bond acceptors (Lipinski definition) is 4. The summed E-state index contributed by atoms with van der Waals surface area (Å²) >= 11 is 0. The van der Waals surface area contributed by atoms with Gasteiger partial charge < -0.3 is 4.74 Å². The van der Waals surface area contributed by atoms with Crippen LogP contribution in [0.3, 0.4) is 0 Å². The van der Waals surface area contributed by atoms with E-state index >= 15 is 0 Å². The molecule has 5 nitrogen and oxygen atoms in total. The van der Waals surface area contributed by atoms with Crippen molar-refractivity contribution in [2.45, 2.75) is 19.4 Å². The number of carbonyl (C=O) groups excluding carboxylic acids is 1. The van der Waals surface area contributed by atoms with E-state index in [4.69, 9.17) is 0 Å². The Kier molecular flexibility index (Phi) is 5.18. The first-order valence-corrected chi connectivity index (χ1v) is 7.98. The number of benzene rings is 1. The van der Waals surface area contributed by atoms with Crippen LogP contribution in [0.1, 0.15) is 12.8 Å². The molecule has 2 aromatic heterocycles. The number of nitrogens with zero attached hydrogens (tertiary/aromatic N) is 3. The van der Waals surface area contributed by atoms with E-state index in [0.717, 1.165) is 22.4 Å². The van der Waals surface area contributed by atoms with Crippen LogP contribution in [0.4, 0.5) is 4.39 Å². The Labute approximate surface area is 145 Å². The number of ether oxygens (including phenoxy) is 1. The highest BCUT2D eigenvalue weighted by Crippen LogP contribution is 2.30. The Morgan fingerprint density at radius 1 is 1.12 bits per heavy atom. The van der Waals surface area contributed by atoms with Crippen molar-refractivity contribution in [1.29, 1.82) is 0 Å². The number of methoxy groups -OCH3 is 1. The third kappa shape index (κ3) is 4.09. The van der Waals surface area contributed by atoms with Crippen molar-refractivity contribution in [3.63, 3.8) is 0 Å². The first-order chi connectivity index (χ1) is 12.2. The van der Waals surface area contributed by atoms with E-state index in [1.807, 2.05) is 18.3 Å². The number of carbonyl (C=O) groups is 1. The number of aryl methyl sites for hydroxylation is 1. The fraction of sp³-hybridized carbons (Fsp3) is 0.211. The molecule has 0 radical (unpaired) electrons. The molecule has 0 saturated heterocycles. The van der Waals surface area contributed by atoms with E-state index in [1.165, 1.54) is 19.2 Å². The minimum atomic E-state index is -0.285. The summed E-state index contributed by atoms with van der Waals surface area (Å²) in [6, 6.07) is 10.1. The highest BCUT2D eigenvalue weighted by atomic mass is 19.1. The van der Waals surface area contributed by atoms with Crippen molar-refractivity contribution in [3.8, 4) is 22.4 Å². The largest absolute Gasteiger partial charge is 0.469 e. The lowest BCUT2D eigenvalue weighted by Crippen LogP contribution is -2.04. The normalized spacial score (nSPS) is 10.6. The number of pyridine rings is 1. The molecule has 0 bridgehead atoms. The molecule has 0 aliphatic rings. The first kappa shape index (κ1) is 16.8. The highest BCUT2D eigenvalue weighted by Gasteiger charge is 2.13. The Bertz CT molecular complexity index is 845. The molecule has 0 spiro atoms. The van der Waals surface area contributed by atoms with Crippen LogP contribution in [0.25, 0.3) is 22.4 Å². The third-order valence-corrected chi connectivity index (χ3v) is 3.87. The number of esters is 1. The Morgan fingerprint density at radius 3 is 2.52 bits per heavy atom. The van der Waals surface area contributed by atoms with Crippen molar-refractivity contribution in [2.75, 3.05) is 7.11 Å². The Morgan fingerprint density at radius 2 is 1.84 bits per heavy atom. The zero-order chi connectivity index (χ0) is 17.6. The van der Waals surface area contributed by atoms with E-state index in [0.29, 0.717) is 19.4 Å². The topological polar surface area (TPSA) is 57.0 Å². The SMILES string of the molecule is COC(=O)CCCn1cc(-c2ccncc2)c(-c2ccc(F)cc2)n1. The lowest BCUT2D eigenvalue weighted by atomic mass is 10.0. The Balaban J connectivity index is 1.91. The Hall–Kier alpha value is -3.02. The summed E-state index contributed by atoms with van der Waals surface area (Å²) in [5.41, 5.74) is 3.52. The van der Waals surface area contributed by atoms with Crippen molar-refractivity contribution in [3.05, 3.63) is 60.8 Å². The van der Waals surface area contributed by atoms with Gasteiger partial charge in [-0.1, -0.05) is 0 Å². The van der Waals surface area contributed by atoms with E-state index in [2.05, 4.69) is 14.8 Å². The van der Waals surface area contributed by atoms with Crippen LogP contribution in [-0.4, -0.2) is 27.8 Å². The molecule has 0 aliphatic carbocycles. The molecule has 3 rings (SSSR count). The molecule has 0 unspecified atom stereocenters. The standard InChI is InChI=1S/C19H18FN3O2/c1-25-18(24)3-2-12-23-13-17(14-8-10-21-11-9-14)19(22-23)15-4-6-16(20)7-5-15/h4-11,13H,2-3,12H2,1H3. The zero-order valence-electron chi connectivity index (χ0n) is 13.9. The van der Waals surface area contributed by atoms with Gasteiger partial charge in [0.2, 0.25) is 0 Å². The first-order valence-electron chi connectivity index (χ1n) is 7.98. The van der Waals surface area contributed by atoms with Gasteiger partial charge in [0.15, 0.2) is 0 Å².